The summed E-state index contributed by atoms with van der Waals surface area (Å²) in [6.07, 6.45) is 0. The second-order valence-corrected chi connectivity index (χ2v) is 13.3. The zero-order valence-corrected chi connectivity index (χ0v) is 31.3. The highest BCUT2D eigenvalue weighted by Gasteiger charge is 2.26. The Morgan fingerprint density at radius 2 is 1.39 bits per heavy atom. The molecule has 2 rings (SSSR count). The molecule has 196 valence electrons. The van der Waals surface area contributed by atoms with E-state index >= 15 is 0 Å². The van der Waals surface area contributed by atoms with Crippen LogP contribution in [-0.2, 0) is 16.2 Å². The van der Waals surface area contributed by atoms with Crippen molar-refractivity contribution < 1.29 is 29.4 Å². The van der Waals surface area contributed by atoms with Gasteiger partial charge in [-0.25, -0.2) is 4.79 Å². The summed E-state index contributed by atoms with van der Waals surface area (Å²) in [5.41, 5.74) is 13.1. The molecule has 0 saturated heterocycles. The summed E-state index contributed by atoms with van der Waals surface area (Å²) in [5, 5.41) is 24.5. The van der Waals surface area contributed by atoms with Gasteiger partial charge in [0.2, 0.25) is 11.8 Å². The van der Waals surface area contributed by atoms with Crippen molar-refractivity contribution in [2.45, 2.75) is 20.5 Å². The minimum absolute atomic E-state index is 0.00366. The summed E-state index contributed by atoms with van der Waals surface area (Å²) in [7, 11) is 0. The van der Waals surface area contributed by atoms with Crippen LogP contribution >= 0.6 is 136 Å². The number of aromatic carboxylic acids is 1. The molecule has 2 aromatic carbocycles. The zero-order valence-electron chi connectivity index (χ0n) is 18.4. The lowest BCUT2D eigenvalue weighted by Gasteiger charge is -2.18. The number of carboxylic acid groups (broad SMARTS) is 1. The van der Waals surface area contributed by atoms with E-state index in [2.05, 4.69) is 61.5 Å². The van der Waals surface area contributed by atoms with Gasteiger partial charge in [-0.05, 0) is 148 Å². The van der Waals surface area contributed by atoms with Crippen molar-refractivity contribution in [1.82, 2.24) is 5.32 Å². The number of aliphatic hydroxyl groups excluding tert-OH is 1. The maximum atomic E-state index is 12.8. The Kier molecular flexibility index (Phi) is 14.7. The number of amides is 3. The Morgan fingerprint density at radius 1 is 0.861 bits per heavy atom. The molecule has 10 nitrogen and oxygen atoms in total. The van der Waals surface area contributed by atoms with Crippen molar-refractivity contribution in [2.24, 2.45) is 5.73 Å². The standard InChI is InChI=1S/C18H13I6N3O5.C2H5NO/c1-4-9(19)7(13(23)15(25)10(4)20)17(30)26-2-6(29)27-16-12(22)5(3-28)11(21)8(14(16)24)18(31)32;1-2(3)4/h28H,2-3,25H2,1H3,(H,26,30)(H,27,29)(H,31,32);1H3,(H2,3,4). The van der Waals surface area contributed by atoms with E-state index in [-0.39, 0.29) is 30.3 Å². The molecule has 3 amide bonds. The van der Waals surface area contributed by atoms with Crippen molar-refractivity contribution in [1.29, 1.82) is 0 Å². The average Bonchev–Trinajstić information content (AvgIpc) is 2.77. The summed E-state index contributed by atoms with van der Waals surface area (Å²) >= 11 is 11.9. The van der Waals surface area contributed by atoms with Crippen molar-refractivity contribution in [3.63, 3.8) is 0 Å². The molecule has 36 heavy (non-hydrogen) atoms. The van der Waals surface area contributed by atoms with Gasteiger partial charge in [0.25, 0.3) is 5.91 Å². The lowest BCUT2D eigenvalue weighted by atomic mass is 10.1. The van der Waals surface area contributed by atoms with Crippen LogP contribution in [0.4, 0.5) is 11.4 Å². The van der Waals surface area contributed by atoms with Gasteiger partial charge in [0, 0.05) is 26.8 Å². The Labute approximate surface area is 288 Å². The highest BCUT2D eigenvalue weighted by molar-refractivity contribution is 14.1. The molecule has 0 saturated carbocycles. The molecule has 0 unspecified atom stereocenters. The number of nitrogens with one attached hydrogen (secondary N) is 2. The van der Waals surface area contributed by atoms with Crippen molar-refractivity contribution in [3.05, 3.63) is 43.7 Å². The van der Waals surface area contributed by atoms with Crippen LogP contribution in [0.5, 0.6) is 0 Å². The van der Waals surface area contributed by atoms with Crippen molar-refractivity contribution >= 4 is 171 Å². The van der Waals surface area contributed by atoms with Crippen LogP contribution in [0.1, 0.15) is 38.8 Å². The maximum absolute atomic E-state index is 12.8. The van der Waals surface area contributed by atoms with Crippen LogP contribution in [0.3, 0.4) is 0 Å². The maximum Gasteiger partial charge on any atom is 0.337 e. The van der Waals surface area contributed by atoms with E-state index in [1.54, 1.807) is 0 Å². The smallest absolute Gasteiger partial charge is 0.337 e. The van der Waals surface area contributed by atoms with Gasteiger partial charge in [-0.15, -0.1) is 0 Å². The van der Waals surface area contributed by atoms with Gasteiger partial charge in [-0.2, -0.15) is 0 Å². The summed E-state index contributed by atoms with van der Waals surface area (Å²) < 4.78 is 3.53. The number of nitrogen functional groups attached to an aromatic ring is 1. The third-order valence-electron chi connectivity index (χ3n) is 4.25. The van der Waals surface area contributed by atoms with E-state index in [1.165, 1.54) is 6.92 Å². The van der Waals surface area contributed by atoms with Crippen LogP contribution in [0.15, 0.2) is 0 Å². The third kappa shape index (κ3) is 8.48. The minimum Gasteiger partial charge on any atom is -0.478 e. The van der Waals surface area contributed by atoms with Crippen LogP contribution in [-0.4, -0.2) is 40.4 Å². The fourth-order valence-corrected chi connectivity index (χ4v) is 10.5. The first-order valence-corrected chi connectivity index (χ1v) is 15.9. The predicted octanol–water partition coefficient (Wildman–Crippen LogP) is 4.26. The first kappa shape index (κ1) is 34.5. The molecule has 0 aliphatic heterocycles. The fraction of sp³-hybridized carbons (Fsp3) is 0.200. The number of halogens is 6. The number of carbonyl (C=O) groups is 4. The summed E-state index contributed by atoms with van der Waals surface area (Å²) in [5.74, 6) is -2.46. The molecule has 0 radical (unpaired) electrons. The molecule has 0 heterocycles. The van der Waals surface area contributed by atoms with E-state index in [0.29, 0.717) is 31.1 Å². The lowest BCUT2D eigenvalue weighted by Crippen LogP contribution is -2.34. The monoisotopic (exact) mass is 1170 g/mol. The van der Waals surface area contributed by atoms with Crippen LogP contribution in [0.2, 0.25) is 0 Å². The van der Waals surface area contributed by atoms with Gasteiger partial charge in [-0.3, -0.25) is 14.4 Å². The number of carboxylic acids is 1. The summed E-state index contributed by atoms with van der Waals surface area (Å²) in [6.45, 7) is 2.47. The van der Waals surface area contributed by atoms with Gasteiger partial charge in [0.05, 0.1) is 42.8 Å². The lowest BCUT2D eigenvalue weighted by molar-refractivity contribution is -0.116. The number of benzene rings is 2. The highest BCUT2D eigenvalue weighted by atomic mass is 127. The van der Waals surface area contributed by atoms with Gasteiger partial charge in [0.15, 0.2) is 0 Å². The number of carbonyl (C=O) groups excluding carboxylic acids is 3. The number of hydrogen-bond acceptors (Lipinski definition) is 6. The fourth-order valence-electron chi connectivity index (χ4n) is 2.60. The molecule has 0 bridgehead atoms. The molecule has 0 aliphatic rings. The number of anilines is 2. The quantitative estimate of drug-likeness (QED) is 0.185. The summed E-state index contributed by atoms with van der Waals surface area (Å²) in [6, 6.07) is 0. The predicted molar refractivity (Wildman–Crippen MR) is 187 cm³/mol. The van der Waals surface area contributed by atoms with E-state index in [0.717, 1.165) is 12.7 Å². The number of hydrogen-bond donors (Lipinski definition) is 6. The molecule has 0 atom stereocenters. The van der Waals surface area contributed by atoms with Crippen LogP contribution in [0.25, 0.3) is 0 Å². The number of nitrogens with two attached hydrogens (primary N) is 2. The molecule has 8 N–H and O–H groups in total. The number of primary amides is 1. The third-order valence-corrected chi connectivity index (χ3v) is 11.6. The average molecular weight is 1170 g/mol. The molecule has 0 aliphatic carbocycles. The molecule has 16 heteroatoms. The molecule has 2 aromatic rings. The van der Waals surface area contributed by atoms with Gasteiger partial charge < -0.3 is 32.3 Å². The van der Waals surface area contributed by atoms with E-state index in [9.17, 15) is 29.4 Å². The van der Waals surface area contributed by atoms with Crippen molar-refractivity contribution in [3.8, 4) is 0 Å². The van der Waals surface area contributed by atoms with Gasteiger partial charge in [0.1, 0.15) is 0 Å². The number of aliphatic hydroxyl groups is 1. The topological polar surface area (TPSA) is 185 Å². The highest BCUT2D eigenvalue weighted by Crippen LogP contribution is 2.36. The second kappa shape index (κ2) is 15.3. The summed E-state index contributed by atoms with van der Waals surface area (Å²) in [4.78, 5) is 46.3. The van der Waals surface area contributed by atoms with E-state index in [1.807, 2.05) is 97.3 Å². The van der Waals surface area contributed by atoms with Crippen molar-refractivity contribution in [2.75, 3.05) is 17.6 Å². The number of rotatable bonds is 6. The zero-order chi connectivity index (χ0) is 28.1. The van der Waals surface area contributed by atoms with E-state index < -0.39 is 17.8 Å². The Hall–Kier alpha value is 0.460. The normalized spacial score (nSPS) is 10.2. The first-order valence-electron chi connectivity index (χ1n) is 9.38. The SMILES string of the molecule is CC(N)=O.Cc1c(I)c(N)c(I)c(C(=O)NCC(=O)Nc2c(I)c(CO)c(I)c(C(=O)O)c2I)c1I. The molecule has 0 fully saturated rings. The molecule has 0 spiro atoms. The van der Waals surface area contributed by atoms with Crippen LogP contribution < -0.4 is 22.1 Å². The van der Waals surface area contributed by atoms with E-state index in [4.69, 9.17) is 5.73 Å². The molecular formula is C20H18I6N4O6. The Balaban J connectivity index is 0.00000150. The molecule has 0 aromatic heterocycles. The Morgan fingerprint density at radius 3 is 1.86 bits per heavy atom. The first-order chi connectivity index (χ1) is 16.6. The Bertz CT molecular complexity index is 1220. The van der Waals surface area contributed by atoms with Crippen LogP contribution in [0, 0.1) is 28.3 Å². The van der Waals surface area contributed by atoms with Gasteiger partial charge >= 0.3 is 5.97 Å². The largest absolute Gasteiger partial charge is 0.478 e. The molecular weight excluding hydrogens is 1150 g/mol. The minimum atomic E-state index is -1.16. The second-order valence-electron chi connectivity index (χ2n) is 6.83. The van der Waals surface area contributed by atoms with Gasteiger partial charge in [-0.1, -0.05) is 0 Å².